The molecule has 0 saturated heterocycles. The summed E-state index contributed by atoms with van der Waals surface area (Å²) in [4.78, 5) is 26.7. The first-order chi connectivity index (χ1) is 14.0. The second-order valence-corrected chi connectivity index (χ2v) is 7.09. The van der Waals surface area contributed by atoms with E-state index in [1.807, 2.05) is 32.0 Å². The molecule has 0 bridgehead atoms. The van der Waals surface area contributed by atoms with Gasteiger partial charge in [-0.1, -0.05) is 37.3 Å². The molecule has 0 fully saturated rings. The summed E-state index contributed by atoms with van der Waals surface area (Å²) < 4.78 is 39.4. The quantitative estimate of drug-likeness (QED) is 0.686. The Bertz CT molecular complexity index is 892. The number of alkyl halides is 3. The molecule has 30 heavy (non-hydrogen) atoms. The summed E-state index contributed by atoms with van der Waals surface area (Å²) in [5, 5.41) is 5.20. The Hall–Kier alpha value is -2.87. The first-order valence-corrected chi connectivity index (χ1v) is 9.61. The van der Waals surface area contributed by atoms with Crippen molar-refractivity contribution >= 4 is 23.2 Å². The van der Waals surface area contributed by atoms with Gasteiger partial charge < -0.3 is 10.6 Å². The largest absolute Gasteiger partial charge is 0.418 e. The van der Waals surface area contributed by atoms with E-state index in [0.29, 0.717) is 12.2 Å². The number of carbonyl (C=O) groups excluding carboxylic acids is 2. The second kappa shape index (κ2) is 9.75. The molecule has 0 aliphatic rings. The summed E-state index contributed by atoms with van der Waals surface area (Å²) in [5.74, 6) is -0.919. The van der Waals surface area contributed by atoms with Gasteiger partial charge in [-0.15, -0.1) is 0 Å². The number of nitrogens with one attached hydrogen (secondary N) is 2. The lowest BCUT2D eigenvalue weighted by molar-refractivity contribution is -0.137. The Kier molecular flexibility index (Phi) is 7.61. The normalized spacial score (nSPS) is 12.5. The van der Waals surface area contributed by atoms with Crippen LogP contribution in [0.25, 0.3) is 0 Å². The Morgan fingerprint density at radius 1 is 1.00 bits per heavy atom. The molecule has 0 aliphatic heterocycles. The third kappa shape index (κ3) is 5.82. The Labute approximate surface area is 174 Å². The summed E-state index contributed by atoms with van der Waals surface area (Å²) in [6.07, 6.45) is -4.58. The van der Waals surface area contributed by atoms with Crippen molar-refractivity contribution in [2.24, 2.45) is 0 Å². The average molecular weight is 421 g/mol. The first kappa shape index (κ1) is 23.4. The van der Waals surface area contributed by atoms with Crippen LogP contribution in [0.3, 0.4) is 0 Å². The number of rotatable bonds is 7. The number of halogens is 3. The van der Waals surface area contributed by atoms with Crippen LogP contribution in [0.4, 0.5) is 24.5 Å². The van der Waals surface area contributed by atoms with Crippen LogP contribution in [0.5, 0.6) is 0 Å². The van der Waals surface area contributed by atoms with Gasteiger partial charge in [0.25, 0.3) is 0 Å². The number of carbonyl (C=O) groups is 2. The van der Waals surface area contributed by atoms with Gasteiger partial charge in [0, 0.05) is 5.69 Å². The van der Waals surface area contributed by atoms with E-state index < -0.39 is 23.7 Å². The lowest BCUT2D eigenvalue weighted by Gasteiger charge is -2.27. The minimum Gasteiger partial charge on any atom is -0.324 e. The molecule has 2 aromatic carbocycles. The molecule has 0 spiro atoms. The van der Waals surface area contributed by atoms with Crippen molar-refractivity contribution in [3.63, 3.8) is 0 Å². The maximum absolute atomic E-state index is 13.1. The van der Waals surface area contributed by atoms with Crippen molar-refractivity contribution in [2.75, 3.05) is 23.7 Å². The molecule has 2 aromatic rings. The van der Waals surface area contributed by atoms with Gasteiger partial charge in [0.05, 0.1) is 23.8 Å². The third-order valence-electron chi connectivity index (χ3n) is 4.92. The number of benzene rings is 2. The second-order valence-electron chi connectivity index (χ2n) is 7.09. The molecular formula is C22H26F3N3O2. The molecule has 0 heterocycles. The maximum Gasteiger partial charge on any atom is 0.418 e. The summed E-state index contributed by atoms with van der Waals surface area (Å²) in [7, 11) is 0. The molecular weight excluding hydrogens is 395 g/mol. The number of amides is 2. The van der Waals surface area contributed by atoms with E-state index in [1.54, 1.807) is 18.7 Å². The molecule has 0 aromatic heterocycles. The molecule has 1 atom stereocenters. The van der Waals surface area contributed by atoms with Crippen LogP contribution < -0.4 is 10.6 Å². The fraction of sp³-hybridized carbons (Fsp3) is 0.364. The molecule has 5 nitrogen and oxygen atoms in total. The highest BCUT2D eigenvalue weighted by atomic mass is 19.4. The molecule has 1 unspecified atom stereocenters. The van der Waals surface area contributed by atoms with Gasteiger partial charge in [-0.25, -0.2) is 0 Å². The number of hydrogen-bond acceptors (Lipinski definition) is 3. The Morgan fingerprint density at radius 2 is 1.60 bits per heavy atom. The number of likely N-dealkylation sites (N-methyl/N-ethyl adjacent to an activating group) is 1. The fourth-order valence-corrected chi connectivity index (χ4v) is 3.14. The molecule has 0 saturated carbocycles. The zero-order chi connectivity index (χ0) is 22.5. The zero-order valence-electron chi connectivity index (χ0n) is 17.4. The van der Waals surface area contributed by atoms with Gasteiger partial charge in [-0.05, 0) is 50.6 Å². The minimum absolute atomic E-state index is 0.218. The highest BCUT2D eigenvalue weighted by Gasteiger charge is 2.33. The van der Waals surface area contributed by atoms with E-state index in [2.05, 4.69) is 10.6 Å². The van der Waals surface area contributed by atoms with Gasteiger partial charge in [0.2, 0.25) is 11.8 Å². The number of aryl methyl sites for hydroxylation is 2. The zero-order valence-corrected chi connectivity index (χ0v) is 17.4. The predicted octanol–water partition coefficient (Wildman–Crippen LogP) is 4.61. The SMILES string of the molecule is CCN(CC(=O)Nc1ccccc1C(F)(F)F)C(C)C(=O)Nc1c(C)cccc1C. The van der Waals surface area contributed by atoms with Gasteiger partial charge >= 0.3 is 6.18 Å². The lowest BCUT2D eigenvalue weighted by atomic mass is 10.1. The Balaban J connectivity index is 2.07. The number of para-hydroxylation sites is 2. The minimum atomic E-state index is -4.58. The predicted molar refractivity (Wildman–Crippen MR) is 111 cm³/mol. The molecule has 162 valence electrons. The van der Waals surface area contributed by atoms with Crippen LogP contribution in [-0.4, -0.2) is 35.8 Å². The number of hydrogen-bond donors (Lipinski definition) is 2. The summed E-state index contributed by atoms with van der Waals surface area (Å²) in [6.45, 7) is 7.36. The smallest absolute Gasteiger partial charge is 0.324 e. The fourth-order valence-electron chi connectivity index (χ4n) is 3.14. The van der Waals surface area contributed by atoms with Crippen molar-refractivity contribution in [1.29, 1.82) is 0 Å². The highest BCUT2D eigenvalue weighted by Crippen LogP contribution is 2.34. The molecule has 2 rings (SSSR count). The summed E-state index contributed by atoms with van der Waals surface area (Å²) in [6, 6.07) is 9.80. The Morgan fingerprint density at radius 3 is 2.17 bits per heavy atom. The van der Waals surface area contributed by atoms with Gasteiger partial charge in [-0.3, -0.25) is 14.5 Å². The van der Waals surface area contributed by atoms with Crippen LogP contribution in [0.1, 0.15) is 30.5 Å². The van der Waals surface area contributed by atoms with Gasteiger partial charge in [0.15, 0.2) is 0 Å². The summed E-state index contributed by atoms with van der Waals surface area (Å²) >= 11 is 0. The standard InChI is InChI=1S/C22H26F3N3O2/c1-5-28(16(4)21(30)27-20-14(2)9-8-10-15(20)3)13-19(29)26-18-12-7-6-11-17(18)22(23,24)25/h6-12,16H,5,13H2,1-4H3,(H,26,29)(H,27,30). The van der Waals surface area contributed by atoms with E-state index >= 15 is 0 Å². The third-order valence-corrected chi connectivity index (χ3v) is 4.92. The molecule has 0 aliphatic carbocycles. The molecule has 0 radical (unpaired) electrons. The van der Waals surface area contributed by atoms with Crippen LogP contribution >= 0.6 is 0 Å². The lowest BCUT2D eigenvalue weighted by Crippen LogP contribution is -2.45. The van der Waals surface area contributed by atoms with Crippen LogP contribution in [0.2, 0.25) is 0 Å². The van der Waals surface area contributed by atoms with Crippen LogP contribution in [-0.2, 0) is 15.8 Å². The van der Waals surface area contributed by atoms with Crippen molar-refractivity contribution in [3.8, 4) is 0 Å². The molecule has 2 amide bonds. The topological polar surface area (TPSA) is 61.4 Å². The van der Waals surface area contributed by atoms with E-state index in [-0.39, 0.29) is 18.1 Å². The van der Waals surface area contributed by atoms with E-state index in [4.69, 9.17) is 0 Å². The van der Waals surface area contributed by atoms with Crippen molar-refractivity contribution in [2.45, 2.75) is 39.9 Å². The van der Waals surface area contributed by atoms with Crippen molar-refractivity contribution in [3.05, 3.63) is 59.2 Å². The summed E-state index contributed by atoms with van der Waals surface area (Å²) in [5.41, 5.74) is 1.33. The monoisotopic (exact) mass is 421 g/mol. The molecule has 2 N–H and O–H groups in total. The van der Waals surface area contributed by atoms with Crippen LogP contribution in [0, 0.1) is 13.8 Å². The van der Waals surface area contributed by atoms with Crippen molar-refractivity contribution in [1.82, 2.24) is 4.90 Å². The average Bonchev–Trinajstić information content (AvgIpc) is 2.68. The first-order valence-electron chi connectivity index (χ1n) is 9.61. The van der Waals surface area contributed by atoms with Crippen LogP contribution in [0.15, 0.2) is 42.5 Å². The van der Waals surface area contributed by atoms with E-state index in [1.165, 1.54) is 18.2 Å². The molecule has 8 heteroatoms. The van der Waals surface area contributed by atoms with E-state index in [9.17, 15) is 22.8 Å². The van der Waals surface area contributed by atoms with E-state index in [0.717, 1.165) is 17.2 Å². The van der Waals surface area contributed by atoms with Crippen molar-refractivity contribution < 1.29 is 22.8 Å². The number of nitrogens with zero attached hydrogens (tertiary/aromatic N) is 1. The highest BCUT2D eigenvalue weighted by molar-refractivity contribution is 5.97. The van der Waals surface area contributed by atoms with Gasteiger partial charge in [-0.2, -0.15) is 13.2 Å². The maximum atomic E-state index is 13.1. The number of anilines is 2. The van der Waals surface area contributed by atoms with Gasteiger partial charge in [0.1, 0.15) is 0 Å².